The Kier molecular flexibility index (Phi) is 2.48. The molecule has 0 fully saturated rings. The summed E-state index contributed by atoms with van der Waals surface area (Å²) in [5.41, 5.74) is 0.917. The Labute approximate surface area is 66.3 Å². The summed E-state index contributed by atoms with van der Waals surface area (Å²) in [6.45, 7) is 1.38. The molecular weight excluding hydrogens is 159 g/mol. The lowest BCUT2D eigenvalue weighted by Crippen LogP contribution is -1.84. The number of hydrogen-bond donors (Lipinski definition) is 1. The standard InChI is InChI=1S/C8H11O2P/c1-11(9,10)7-8-5-3-2-4-6-8/h2-6H,7H2,1H3,(H,9,10). The molecule has 0 aromatic heterocycles. The van der Waals surface area contributed by atoms with Crippen molar-refractivity contribution in [2.75, 3.05) is 6.66 Å². The van der Waals surface area contributed by atoms with Gasteiger partial charge in [-0.05, 0) is 5.56 Å². The Morgan fingerprint density at radius 2 is 1.91 bits per heavy atom. The molecule has 0 aliphatic rings. The molecular formula is C8H11O2P. The van der Waals surface area contributed by atoms with Crippen LogP contribution < -0.4 is 0 Å². The summed E-state index contributed by atoms with van der Waals surface area (Å²) < 4.78 is 10.9. The van der Waals surface area contributed by atoms with E-state index in [9.17, 15) is 4.57 Å². The monoisotopic (exact) mass is 170 g/mol. The second kappa shape index (κ2) is 3.21. The maximum Gasteiger partial charge on any atom is 0.201 e. The van der Waals surface area contributed by atoms with Crippen LogP contribution in [0.4, 0.5) is 0 Å². The van der Waals surface area contributed by atoms with Crippen LogP contribution in [0.5, 0.6) is 0 Å². The largest absolute Gasteiger partial charge is 0.344 e. The van der Waals surface area contributed by atoms with Crippen LogP contribution in [0.3, 0.4) is 0 Å². The summed E-state index contributed by atoms with van der Waals surface area (Å²) in [4.78, 5) is 9.03. The first-order chi connectivity index (χ1) is 5.08. The Morgan fingerprint density at radius 3 is 2.36 bits per heavy atom. The van der Waals surface area contributed by atoms with E-state index in [1.807, 2.05) is 30.3 Å². The van der Waals surface area contributed by atoms with E-state index in [1.54, 1.807) is 0 Å². The minimum atomic E-state index is -2.89. The average Bonchev–Trinajstić information content (AvgIpc) is 1.85. The molecule has 0 aliphatic carbocycles. The summed E-state index contributed by atoms with van der Waals surface area (Å²) in [5.74, 6) is 0. The van der Waals surface area contributed by atoms with E-state index in [0.717, 1.165) is 5.56 Å². The topological polar surface area (TPSA) is 37.3 Å². The van der Waals surface area contributed by atoms with Gasteiger partial charge in [-0.3, -0.25) is 4.57 Å². The van der Waals surface area contributed by atoms with Gasteiger partial charge in [-0.15, -0.1) is 0 Å². The fraction of sp³-hybridized carbons (Fsp3) is 0.250. The highest BCUT2D eigenvalue weighted by molar-refractivity contribution is 7.56. The molecule has 0 heterocycles. The van der Waals surface area contributed by atoms with Crippen molar-refractivity contribution >= 4 is 7.37 Å². The number of rotatable bonds is 2. The third-order valence-corrected chi connectivity index (χ3v) is 2.27. The van der Waals surface area contributed by atoms with E-state index in [-0.39, 0.29) is 6.16 Å². The van der Waals surface area contributed by atoms with Gasteiger partial charge in [0, 0.05) is 12.8 Å². The zero-order valence-corrected chi connectivity index (χ0v) is 7.29. The molecule has 0 radical (unpaired) electrons. The molecule has 1 unspecified atom stereocenters. The van der Waals surface area contributed by atoms with Crippen LogP contribution >= 0.6 is 7.37 Å². The van der Waals surface area contributed by atoms with Crippen LogP contribution in [-0.2, 0) is 10.7 Å². The molecule has 0 saturated carbocycles. The van der Waals surface area contributed by atoms with Crippen molar-refractivity contribution in [3.05, 3.63) is 35.9 Å². The first-order valence-electron chi connectivity index (χ1n) is 3.41. The maximum absolute atomic E-state index is 10.9. The summed E-state index contributed by atoms with van der Waals surface area (Å²) in [6.07, 6.45) is 0.272. The van der Waals surface area contributed by atoms with E-state index >= 15 is 0 Å². The Balaban J connectivity index is 2.74. The van der Waals surface area contributed by atoms with Crippen LogP contribution in [0.2, 0.25) is 0 Å². The lowest BCUT2D eigenvalue weighted by Gasteiger charge is -2.03. The molecule has 60 valence electrons. The predicted molar refractivity (Wildman–Crippen MR) is 45.9 cm³/mol. The highest BCUT2D eigenvalue weighted by atomic mass is 31.2. The molecule has 0 spiro atoms. The molecule has 1 aromatic rings. The van der Waals surface area contributed by atoms with E-state index in [1.165, 1.54) is 6.66 Å². The summed E-state index contributed by atoms with van der Waals surface area (Å²) in [5, 5.41) is 0. The van der Waals surface area contributed by atoms with Gasteiger partial charge in [0.25, 0.3) is 0 Å². The van der Waals surface area contributed by atoms with Gasteiger partial charge in [0.05, 0.1) is 0 Å². The molecule has 1 aromatic carbocycles. The van der Waals surface area contributed by atoms with E-state index < -0.39 is 7.37 Å². The second-order valence-corrected chi connectivity index (χ2v) is 5.11. The van der Waals surface area contributed by atoms with Crippen LogP contribution in [0.15, 0.2) is 30.3 Å². The third kappa shape index (κ3) is 3.35. The van der Waals surface area contributed by atoms with Gasteiger partial charge in [-0.1, -0.05) is 30.3 Å². The second-order valence-electron chi connectivity index (χ2n) is 2.69. The van der Waals surface area contributed by atoms with Crippen LogP contribution in [0.25, 0.3) is 0 Å². The molecule has 0 aliphatic heterocycles. The van der Waals surface area contributed by atoms with Crippen LogP contribution in [-0.4, -0.2) is 11.6 Å². The van der Waals surface area contributed by atoms with Gasteiger partial charge in [-0.25, -0.2) is 0 Å². The summed E-state index contributed by atoms with van der Waals surface area (Å²) in [6, 6.07) is 9.33. The van der Waals surface area contributed by atoms with Crippen molar-refractivity contribution in [3.8, 4) is 0 Å². The Hall–Kier alpha value is -0.590. The number of benzene rings is 1. The SMILES string of the molecule is CP(=O)(O)Cc1ccccc1. The van der Waals surface area contributed by atoms with Crippen molar-refractivity contribution in [1.82, 2.24) is 0 Å². The Morgan fingerprint density at radius 1 is 1.36 bits per heavy atom. The molecule has 0 amide bonds. The molecule has 2 nitrogen and oxygen atoms in total. The lowest BCUT2D eigenvalue weighted by molar-refractivity contribution is 0.484. The molecule has 1 rings (SSSR count). The Bertz CT molecular complexity index is 263. The van der Waals surface area contributed by atoms with Gasteiger partial charge in [-0.2, -0.15) is 0 Å². The first kappa shape index (κ1) is 8.51. The zero-order valence-electron chi connectivity index (χ0n) is 6.40. The van der Waals surface area contributed by atoms with Crippen LogP contribution in [0, 0.1) is 0 Å². The minimum Gasteiger partial charge on any atom is -0.344 e. The van der Waals surface area contributed by atoms with Crippen LogP contribution in [0.1, 0.15) is 5.56 Å². The van der Waals surface area contributed by atoms with Crippen molar-refractivity contribution in [1.29, 1.82) is 0 Å². The molecule has 3 heteroatoms. The summed E-state index contributed by atoms with van der Waals surface area (Å²) >= 11 is 0. The molecule has 1 N–H and O–H groups in total. The molecule has 0 saturated heterocycles. The van der Waals surface area contributed by atoms with Crippen molar-refractivity contribution in [3.63, 3.8) is 0 Å². The fourth-order valence-electron chi connectivity index (χ4n) is 0.922. The zero-order chi connectivity index (χ0) is 8.32. The van der Waals surface area contributed by atoms with Crippen molar-refractivity contribution in [2.45, 2.75) is 6.16 Å². The maximum atomic E-state index is 10.9. The molecule has 11 heavy (non-hydrogen) atoms. The molecule has 0 bridgehead atoms. The highest BCUT2D eigenvalue weighted by Crippen LogP contribution is 2.39. The number of hydrogen-bond acceptors (Lipinski definition) is 1. The van der Waals surface area contributed by atoms with Gasteiger partial charge in [0.2, 0.25) is 7.37 Å². The van der Waals surface area contributed by atoms with E-state index in [2.05, 4.69) is 0 Å². The van der Waals surface area contributed by atoms with Crippen molar-refractivity contribution < 1.29 is 9.46 Å². The van der Waals surface area contributed by atoms with Gasteiger partial charge >= 0.3 is 0 Å². The minimum absolute atomic E-state index is 0.272. The van der Waals surface area contributed by atoms with E-state index in [4.69, 9.17) is 4.89 Å². The predicted octanol–water partition coefficient (Wildman–Crippen LogP) is 2.09. The third-order valence-electron chi connectivity index (χ3n) is 1.32. The molecule has 1 atom stereocenters. The first-order valence-corrected chi connectivity index (χ1v) is 5.70. The van der Waals surface area contributed by atoms with Crippen molar-refractivity contribution in [2.24, 2.45) is 0 Å². The van der Waals surface area contributed by atoms with Gasteiger partial charge < -0.3 is 4.89 Å². The lowest BCUT2D eigenvalue weighted by atomic mass is 10.2. The normalized spacial score (nSPS) is 15.8. The summed E-state index contributed by atoms with van der Waals surface area (Å²) in [7, 11) is -2.89. The average molecular weight is 170 g/mol. The smallest absolute Gasteiger partial charge is 0.201 e. The van der Waals surface area contributed by atoms with Gasteiger partial charge in [0.15, 0.2) is 0 Å². The fourth-order valence-corrected chi connectivity index (χ4v) is 1.81. The van der Waals surface area contributed by atoms with E-state index in [0.29, 0.717) is 0 Å². The quantitative estimate of drug-likeness (QED) is 0.690. The highest BCUT2D eigenvalue weighted by Gasteiger charge is 2.09. The van der Waals surface area contributed by atoms with Gasteiger partial charge in [0.1, 0.15) is 0 Å².